The number of aliphatic hydroxyl groups excluding tert-OH is 1. The molecule has 1 aliphatic heterocycles. The van der Waals surface area contributed by atoms with E-state index in [1.54, 1.807) is 12.1 Å². The molecule has 0 radical (unpaired) electrons. The number of benzene rings is 2. The summed E-state index contributed by atoms with van der Waals surface area (Å²) < 4.78 is 1.70. The Labute approximate surface area is 143 Å². The molecule has 2 aromatic rings. The van der Waals surface area contributed by atoms with Crippen LogP contribution in [0.15, 0.2) is 39.3 Å². The van der Waals surface area contributed by atoms with Crippen molar-refractivity contribution in [1.82, 2.24) is 0 Å². The second-order valence-corrected chi connectivity index (χ2v) is 7.00. The van der Waals surface area contributed by atoms with E-state index in [2.05, 4.69) is 37.2 Å². The summed E-state index contributed by atoms with van der Waals surface area (Å²) in [6.45, 7) is 0. The highest BCUT2D eigenvalue weighted by molar-refractivity contribution is 9.11. The van der Waals surface area contributed by atoms with Crippen LogP contribution in [-0.2, 0) is 11.2 Å². The Morgan fingerprint density at radius 3 is 2.67 bits per heavy atom. The molecule has 0 aromatic heterocycles. The maximum Gasteiger partial charge on any atom is 0.228 e. The zero-order valence-electron chi connectivity index (χ0n) is 10.7. The number of aliphatic hydroxyl groups is 1. The zero-order chi connectivity index (χ0) is 15.1. The van der Waals surface area contributed by atoms with Crippen molar-refractivity contribution in [1.29, 1.82) is 0 Å². The van der Waals surface area contributed by atoms with Crippen molar-refractivity contribution in [2.24, 2.45) is 0 Å². The fourth-order valence-electron chi connectivity index (χ4n) is 2.37. The lowest BCUT2D eigenvalue weighted by Gasteiger charge is -2.16. The minimum absolute atomic E-state index is 0.0578. The second-order valence-electron chi connectivity index (χ2n) is 4.82. The number of nitrogens with one attached hydrogen (secondary N) is 1. The molecular weight excluding hydrogens is 421 g/mol. The van der Waals surface area contributed by atoms with E-state index in [-0.39, 0.29) is 5.91 Å². The van der Waals surface area contributed by atoms with Gasteiger partial charge >= 0.3 is 0 Å². The zero-order valence-corrected chi connectivity index (χ0v) is 14.6. The largest absolute Gasteiger partial charge is 0.384 e. The first-order valence-electron chi connectivity index (χ1n) is 6.21. The number of hydrogen-bond donors (Lipinski definition) is 2. The number of fused-ring (bicyclic) bond motifs is 1. The third-order valence-corrected chi connectivity index (χ3v) is 4.91. The van der Waals surface area contributed by atoms with E-state index < -0.39 is 6.10 Å². The average molecular weight is 432 g/mol. The summed E-state index contributed by atoms with van der Waals surface area (Å²) in [6.07, 6.45) is -0.547. The molecule has 3 rings (SSSR count). The van der Waals surface area contributed by atoms with Gasteiger partial charge in [0, 0.05) is 25.2 Å². The molecule has 3 nitrogen and oxygen atoms in total. The summed E-state index contributed by atoms with van der Waals surface area (Å²) in [5.41, 5.74) is 2.88. The number of amides is 1. The van der Waals surface area contributed by atoms with Gasteiger partial charge < -0.3 is 10.4 Å². The molecule has 1 unspecified atom stereocenters. The van der Waals surface area contributed by atoms with Crippen LogP contribution in [0.1, 0.15) is 22.8 Å². The Morgan fingerprint density at radius 1 is 1.19 bits per heavy atom. The summed E-state index contributed by atoms with van der Waals surface area (Å²) >= 11 is 13.1. The Bertz CT molecular complexity index is 749. The Kier molecular flexibility index (Phi) is 4.10. The van der Waals surface area contributed by atoms with Gasteiger partial charge in [-0.3, -0.25) is 4.79 Å². The number of hydrogen-bond acceptors (Lipinski definition) is 2. The molecule has 21 heavy (non-hydrogen) atoms. The van der Waals surface area contributed by atoms with Gasteiger partial charge in [-0.15, -0.1) is 0 Å². The molecule has 0 fully saturated rings. The van der Waals surface area contributed by atoms with Crippen molar-refractivity contribution in [2.45, 2.75) is 12.5 Å². The quantitative estimate of drug-likeness (QED) is 0.739. The summed E-state index contributed by atoms with van der Waals surface area (Å²) in [7, 11) is 0. The normalized spacial score (nSPS) is 14.8. The summed E-state index contributed by atoms with van der Waals surface area (Å²) in [6, 6.07) is 9.02. The highest BCUT2D eigenvalue weighted by Gasteiger charge is 2.23. The molecular formula is C15H10Br2ClNO2. The van der Waals surface area contributed by atoms with Crippen molar-refractivity contribution in [3.8, 4) is 0 Å². The highest BCUT2D eigenvalue weighted by Crippen LogP contribution is 2.37. The molecule has 6 heteroatoms. The molecule has 0 saturated carbocycles. The van der Waals surface area contributed by atoms with E-state index in [9.17, 15) is 9.90 Å². The van der Waals surface area contributed by atoms with E-state index in [0.29, 0.717) is 17.0 Å². The van der Waals surface area contributed by atoms with Gasteiger partial charge in [0.05, 0.1) is 6.42 Å². The van der Waals surface area contributed by atoms with Gasteiger partial charge in [-0.05, 0) is 35.4 Å². The van der Waals surface area contributed by atoms with Gasteiger partial charge in [0.15, 0.2) is 0 Å². The monoisotopic (exact) mass is 429 g/mol. The smallest absolute Gasteiger partial charge is 0.228 e. The molecule has 108 valence electrons. The summed E-state index contributed by atoms with van der Waals surface area (Å²) in [4.78, 5) is 11.4. The molecule has 2 aromatic carbocycles. The first kappa shape index (κ1) is 15.0. The van der Waals surface area contributed by atoms with E-state index in [1.807, 2.05) is 18.2 Å². The second kappa shape index (κ2) is 5.72. The maximum absolute atomic E-state index is 11.4. The molecule has 1 atom stereocenters. The lowest BCUT2D eigenvalue weighted by Crippen LogP contribution is -2.03. The molecule has 1 heterocycles. The predicted molar refractivity (Wildman–Crippen MR) is 89.7 cm³/mol. The first-order valence-corrected chi connectivity index (χ1v) is 8.17. The first-order chi connectivity index (χ1) is 9.95. The van der Waals surface area contributed by atoms with Crippen molar-refractivity contribution in [3.05, 3.63) is 61.0 Å². The minimum atomic E-state index is -0.860. The van der Waals surface area contributed by atoms with Crippen LogP contribution in [0.25, 0.3) is 0 Å². The number of rotatable bonds is 2. The molecule has 2 N–H and O–H groups in total. The van der Waals surface area contributed by atoms with Crippen LogP contribution < -0.4 is 5.32 Å². The van der Waals surface area contributed by atoms with Crippen molar-refractivity contribution < 1.29 is 9.90 Å². The van der Waals surface area contributed by atoms with Crippen LogP contribution in [0.4, 0.5) is 5.69 Å². The maximum atomic E-state index is 11.4. The van der Waals surface area contributed by atoms with Gasteiger partial charge in [0.1, 0.15) is 6.10 Å². The fraction of sp³-hybridized carbons (Fsp3) is 0.133. The van der Waals surface area contributed by atoms with Crippen LogP contribution in [0.3, 0.4) is 0 Å². The number of carbonyl (C=O) groups is 1. The van der Waals surface area contributed by atoms with Crippen molar-refractivity contribution in [3.63, 3.8) is 0 Å². The van der Waals surface area contributed by atoms with Crippen LogP contribution in [0, 0.1) is 0 Å². The molecule has 0 bridgehead atoms. The van der Waals surface area contributed by atoms with Gasteiger partial charge in [-0.2, -0.15) is 0 Å². The van der Waals surface area contributed by atoms with Crippen LogP contribution in [-0.4, -0.2) is 11.0 Å². The van der Waals surface area contributed by atoms with Crippen LogP contribution in [0.2, 0.25) is 5.02 Å². The number of halogens is 3. The molecule has 1 aliphatic rings. The van der Waals surface area contributed by atoms with E-state index >= 15 is 0 Å². The SMILES string of the molecule is O=C1Cc2cc(C(O)c3ccc(Br)cc3Br)c(Cl)cc2N1. The van der Waals surface area contributed by atoms with Gasteiger partial charge in [0.2, 0.25) is 5.91 Å². The van der Waals surface area contributed by atoms with Gasteiger partial charge in [0.25, 0.3) is 0 Å². The van der Waals surface area contributed by atoms with Crippen LogP contribution in [0.5, 0.6) is 0 Å². The van der Waals surface area contributed by atoms with Crippen LogP contribution >= 0.6 is 43.5 Å². The Morgan fingerprint density at radius 2 is 1.95 bits per heavy atom. The van der Waals surface area contributed by atoms with Gasteiger partial charge in [-0.1, -0.05) is 49.5 Å². The lowest BCUT2D eigenvalue weighted by molar-refractivity contribution is -0.115. The topological polar surface area (TPSA) is 49.3 Å². The highest BCUT2D eigenvalue weighted by atomic mass is 79.9. The average Bonchev–Trinajstić information content (AvgIpc) is 2.76. The summed E-state index contributed by atoms with van der Waals surface area (Å²) in [5.74, 6) is -0.0578. The summed E-state index contributed by atoms with van der Waals surface area (Å²) in [5, 5.41) is 13.8. The molecule has 0 aliphatic carbocycles. The number of anilines is 1. The van der Waals surface area contributed by atoms with Gasteiger partial charge in [-0.25, -0.2) is 0 Å². The van der Waals surface area contributed by atoms with E-state index in [4.69, 9.17) is 11.6 Å². The molecule has 0 spiro atoms. The van der Waals surface area contributed by atoms with Crippen molar-refractivity contribution in [2.75, 3.05) is 5.32 Å². The standard InChI is InChI=1S/C15H10Br2ClNO2/c16-8-1-2-9(11(17)5-8)15(21)10-3-7-4-14(20)19-13(7)6-12(10)18/h1-3,5-6,15,21H,4H2,(H,19,20). The third-order valence-electron chi connectivity index (χ3n) is 3.40. The van der Waals surface area contributed by atoms with Crippen molar-refractivity contribution >= 4 is 55.1 Å². The Hall–Kier alpha value is -0.880. The lowest BCUT2D eigenvalue weighted by atomic mass is 9.98. The predicted octanol–water partition coefficient (Wildman–Crippen LogP) is 4.44. The fourth-order valence-corrected chi connectivity index (χ4v) is 3.90. The molecule has 0 saturated heterocycles. The minimum Gasteiger partial charge on any atom is -0.384 e. The van der Waals surface area contributed by atoms with E-state index in [1.165, 1.54) is 0 Å². The molecule has 1 amide bonds. The number of carbonyl (C=O) groups excluding carboxylic acids is 1. The van der Waals surface area contributed by atoms with E-state index in [0.717, 1.165) is 25.8 Å². The third kappa shape index (κ3) is 2.88. The Balaban J connectivity index is 2.04.